The molecule has 0 fully saturated rings. The van der Waals surface area contributed by atoms with Gasteiger partial charge in [-0.1, -0.05) is 11.6 Å². The van der Waals surface area contributed by atoms with Crippen LogP contribution in [-0.2, 0) is 16.0 Å². The van der Waals surface area contributed by atoms with Gasteiger partial charge in [0.05, 0.1) is 10.6 Å². The molecule has 0 radical (unpaired) electrons. The lowest BCUT2D eigenvalue weighted by Crippen LogP contribution is -2.16. The van der Waals surface area contributed by atoms with Gasteiger partial charge in [0.1, 0.15) is 5.75 Å². The first kappa shape index (κ1) is 15.0. The van der Waals surface area contributed by atoms with Crippen molar-refractivity contribution in [3.63, 3.8) is 0 Å². The van der Waals surface area contributed by atoms with Gasteiger partial charge in [0, 0.05) is 11.8 Å². The number of hydrogen-bond acceptors (Lipinski definition) is 3. The third kappa shape index (κ3) is 3.99. The number of ketones is 1. The second-order valence-electron chi connectivity index (χ2n) is 3.69. The maximum atomic E-state index is 12.4. The first-order chi connectivity index (χ1) is 8.00. The normalized spacial score (nSPS) is 12.5. The van der Waals surface area contributed by atoms with E-state index >= 15 is 0 Å². The molecule has 1 rings (SSSR count). The number of carbonyl (C=O) groups excluding carboxylic acids is 1. The minimum atomic E-state index is -4.62. The number of benzene rings is 1. The Hall–Kier alpha value is -1.08. The van der Waals surface area contributed by atoms with Crippen LogP contribution >= 0.6 is 11.6 Å². The third-order valence-electron chi connectivity index (χ3n) is 1.99. The van der Waals surface area contributed by atoms with Crippen molar-refractivity contribution in [1.29, 1.82) is 0 Å². The Labute approximate surface area is 106 Å². The Morgan fingerprint density at radius 2 is 1.89 bits per heavy atom. The predicted octanol–water partition coefficient (Wildman–Crippen LogP) is 2.59. The molecule has 0 aliphatic carbocycles. The van der Waals surface area contributed by atoms with E-state index in [0.29, 0.717) is 6.07 Å². The number of Topliss-reactive ketones (excluding diaryl/α,β-unsaturated/α-hetero) is 1. The van der Waals surface area contributed by atoms with E-state index in [9.17, 15) is 26.4 Å². The van der Waals surface area contributed by atoms with E-state index < -0.39 is 38.7 Å². The zero-order valence-corrected chi connectivity index (χ0v) is 10.7. The minimum Gasteiger partial charge on any atom is -0.293 e. The van der Waals surface area contributed by atoms with Gasteiger partial charge < -0.3 is 0 Å². The Morgan fingerprint density at radius 1 is 1.33 bits per heavy atom. The fourth-order valence-corrected chi connectivity index (χ4v) is 2.09. The van der Waals surface area contributed by atoms with E-state index in [4.69, 9.17) is 11.6 Å². The smallest absolute Gasteiger partial charge is 0.293 e. The predicted molar refractivity (Wildman–Crippen MR) is 60.5 cm³/mol. The first-order valence-corrected chi connectivity index (χ1v) is 7.02. The fraction of sp³-hybridized carbons (Fsp3) is 0.300. The molecule has 0 aliphatic rings. The molecule has 100 valence electrons. The molecule has 0 amide bonds. The second-order valence-corrected chi connectivity index (χ2v) is 6.23. The lowest BCUT2D eigenvalue weighted by Gasteiger charge is -2.09. The zero-order valence-electron chi connectivity index (χ0n) is 9.08. The van der Waals surface area contributed by atoms with Crippen LogP contribution in [-0.4, -0.2) is 26.2 Å². The molecule has 0 heterocycles. The monoisotopic (exact) mass is 300 g/mol. The summed E-state index contributed by atoms with van der Waals surface area (Å²) in [4.78, 5) is 11.5. The van der Waals surface area contributed by atoms with Gasteiger partial charge >= 0.3 is 6.18 Å². The molecular weight excluding hydrogens is 293 g/mol. The average molecular weight is 301 g/mol. The number of rotatable bonds is 3. The summed E-state index contributed by atoms with van der Waals surface area (Å²) in [5.74, 6) is -1.85. The summed E-state index contributed by atoms with van der Waals surface area (Å²) in [6.45, 7) is 0. The zero-order chi connectivity index (χ0) is 14.1. The van der Waals surface area contributed by atoms with Gasteiger partial charge in [0.2, 0.25) is 0 Å². The molecule has 0 aromatic heterocycles. The highest BCUT2D eigenvalue weighted by Crippen LogP contribution is 2.31. The minimum absolute atomic E-state index is 0.211. The van der Waals surface area contributed by atoms with Crippen LogP contribution < -0.4 is 0 Å². The number of sulfone groups is 1. The van der Waals surface area contributed by atoms with Crippen molar-refractivity contribution < 1.29 is 26.4 Å². The molecule has 0 atom stereocenters. The Morgan fingerprint density at radius 3 is 2.33 bits per heavy atom. The van der Waals surface area contributed by atoms with Gasteiger partial charge in [0.15, 0.2) is 15.6 Å². The van der Waals surface area contributed by atoms with Crippen LogP contribution in [0.4, 0.5) is 13.2 Å². The summed E-state index contributed by atoms with van der Waals surface area (Å²) >= 11 is 5.59. The highest BCUT2D eigenvalue weighted by Gasteiger charge is 2.31. The van der Waals surface area contributed by atoms with Crippen LogP contribution in [0.1, 0.15) is 15.9 Å². The number of hydrogen-bond donors (Lipinski definition) is 0. The highest BCUT2D eigenvalue weighted by molar-refractivity contribution is 7.91. The number of halogens is 4. The van der Waals surface area contributed by atoms with Crippen molar-refractivity contribution in [2.45, 2.75) is 6.18 Å². The van der Waals surface area contributed by atoms with Gasteiger partial charge in [-0.3, -0.25) is 4.79 Å². The topological polar surface area (TPSA) is 51.2 Å². The molecule has 8 heteroatoms. The summed E-state index contributed by atoms with van der Waals surface area (Å²) in [5.41, 5.74) is -1.50. The Bertz CT molecular complexity index is 579. The van der Waals surface area contributed by atoms with E-state index in [1.165, 1.54) is 0 Å². The molecule has 0 spiro atoms. The van der Waals surface area contributed by atoms with Crippen molar-refractivity contribution >= 4 is 27.2 Å². The molecule has 0 saturated heterocycles. The largest absolute Gasteiger partial charge is 0.416 e. The lowest BCUT2D eigenvalue weighted by atomic mass is 10.1. The van der Waals surface area contributed by atoms with E-state index in [1.54, 1.807) is 0 Å². The van der Waals surface area contributed by atoms with E-state index in [-0.39, 0.29) is 5.02 Å². The number of alkyl halides is 3. The van der Waals surface area contributed by atoms with E-state index in [1.807, 2.05) is 0 Å². The molecule has 1 aromatic rings. The van der Waals surface area contributed by atoms with Crippen LogP contribution in [0.5, 0.6) is 0 Å². The Kier molecular flexibility index (Phi) is 4.07. The highest BCUT2D eigenvalue weighted by atomic mass is 35.5. The van der Waals surface area contributed by atoms with Crippen molar-refractivity contribution in [3.05, 3.63) is 34.3 Å². The van der Waals surface area contributed by atoms with Gasteiger partial charge in [-0.05, 0) is 18.2 Å². The average Bonchev–Trinajstić information content (AvgIpc) is 2.13. The fourth-order valence-electron chi connectivity index (χ4n) is 1.23. The van der Waals surface area contributed by atoms with Gasteiger partial charge in [0.25, 0.3) is 0 Å². The molecule has 3 nitrogen and oxygen atoms in total. The van der Waals surface area contributed by atoms with Crippen LogP contribution in [0.15, 0.2) is 18.2 Å². The van der Waals surface area contributed by atoms with Crippen molar-refractivity contribution in [1.82, 2.24) is 0 Å². The quantitative estimate of drug-likeness (QED) is 0.806. The standard InChI is InChI=1S/C10H8ClF3O3S/c1-18(16,17)5-9(15)7-4-6(10(12,13)14)2-3-8(7)11/h2-4H,5H2,1H3. The van der Waals surface area contributed by atoms with Gasteiger partial charge in [-0.25, -0.2) is 8.42 Å². The van der Waals surface area contributed by atoms with Crippen molar-refractivity contribution in [2.75, 3.05) is 12.0 Å². The number of carbonyl (C=O) groups is 1. The molecule has 0 aliphatic heterocycles. The van der Waals surface area contributed by atoms with Crippen molar-refractivity contribution in [2.24, 2.45) is 0 Å². The first-order valence-electron chi connectivity index (χ1n) is 4.58. The Balaban J connectivity index is 3.20. The molecule has 0 N–H and O–H groups in total. The molecule has 18 heavy (non-hydrogen) atoms. The molecular formula is C10H8ClF3O3S. The third-order valence-corrected chi connectivity index (χ3v) is 3.10. The SMILES string of the molecule is CS(=O)(=O)CC(=O)c1cc(C(F)(F)F)ccc1Cl. The maximum Gasteiger partial charge on any atom is 0.416 e. The summed E-state index contributed by atoms with van der Waals surface area (Å²) in [6, 6.07) is 2.19. The maximum absolute atomic E-state index is 12.4. The summed E-state index contributed by atoms with van der Waals surface area (Å²) in [7, 11) is -3.63. The van der Waals surface area contributed by atoms with Crippen LogP contribution in [0.2, 0.25) is 5.02 Å². The van der Waals surface area contributed by atoms with E-state index in [0.717, 1.165) is 18.4 Å². The van der Waals surface area contributed by atoms with Crippen LogP contribution in [0.3, 0.4) is 0 Å². The summed E-state index contributed by atoms with van der Waals surface area (Å²) < 4.78 is 59.1. The molecule has 0 bridgehead atoms. The van der Waals surface area contributed by atoms with Crippen LogP contribution in [0, 0.1) is 0 Å². The van der Waals surface area contributed by atoms with Crippen LogP contribution in [0.25, 0.3) is 0 Å². The van der Waals surface area contributed by atoms with Crippen molar-refractivity contribution in [3.8, 4) is 0 Å². The summed E-state index contributed by atoms with van der Waals surface area (Å²) in [5, 5.41) is -0.211. The molecule has 0 unspecified atom stereocenters. The van der Waals surface area contributed by atoms with E-state index in [2.05, 4.69) is 0 Å². The summed E-state index contributed by atoms with van der Waals surface area (Å²) in [6.07, 6.45) is -3.81. The van der Waals surface area contributed by atoms with Gasteiger partial charge in [-0.2, -0.15) is 13.2 Å². The molecule has 1 aromatic carbocycles. The lowest BCUT2D eigenvalue weighted by molar-refractivity contribution is -0.137. The second kappa shape index (κ2) is 4.89. The molecule has 0 saturated carbocycles. The van der Waals surface area contributed by atoms with Gasteiger partial charge in [-0.15, -0.1) is 0 Å².